The van der Waals surface area contributed by atoms with E-state index in [0.717, 1.165) is 56.1 Å². The second kappa shape index (κ2) is 8.81. The molecule has 0 unspecified atom stereocenters. The van der Waals surface area contributed by atoms with Gasteiger partial charge >= 0.3 is 5.97 Å². The van der Waals surface area contributed by atoms with Crippen LogP contribution in [0, 0.1) is 0 Å². The molecule has 0 aromatic carbocycles. The van der Waals surface area contributed by atoms with Gasteiger partial charge in [0.05, 0.1) is 18.2 Å². The number of carbonyl (C=O) groups is 2. The third kappa shape index (κ3) is 4.17. The minimum atomic E-state index is -0.358. The quantitative estimate of drug-likeness (QED) is 0.374. The zero-order valence-electron chi connectivity index (χ0n) is 16.2. The van der Waals surface area contributed by atoms with Gasteiger partial charge in [0.1, 0.15) is 5.00 Å². The number of hydrogen-bond acceptors (Lipinski definition) is 6. The Morgan fingerprint density at radius 3 is 2.45 bits per heavy atom. The maximum Gasteiger partial charge on any atom is 0.341 e. The Morgan fingerprint density at radius 1 is 1.00 bits per heavy atom. The van der Waals surface area contributed by atoms with Crippen molar-refractivity contribution in [3.63, 3.8) is 0 Å². The van der Waals surface area contributed by atoms with Crippen molar-refractivity contribution in [3.8, 4) is 0 Å². The van der Waals surface area contributed by atoms with E-state index in [9.17, 15) is 9.59 Å². The lowest BCUT2D eigenvalue weighted by Crippen LogP contribution is -2.44. The SMILES string of the molecule is COC(=O)c1c(NC(=S)NNC(=O)c2csc3c2CCCC3)sc2c1CCCC2. The molecule has 2 aliphatic rings. The van der Waals surface area contributed by atoms with Crippen molar-refractivity contribution in [1.82, 2.24) is 10.9 Å². The van der Waals surface area contributed by atoms with Crippen LogP contribution in [0.3, 0.4) is 0 Å². The molecule has 9 heteroatoms. The Kier molecular flexibility index (Phi) is 6.17. The Labute approximate surface area is 183 Å². The summed E-state index contributed by atoms with van der Waals surface area (Å²) in [6.07, 6.45) is 8.34. The van der Waals surface area contributed by atoms with Crippen LogP contribution >= 0.6 is 34.9 Å². The van der Waals surface area contributed by atoms with Crippen molar-refractivity contribution in [2.45, 2.75) is 51.4 Å². The summed E-state index contributed by atoms with van der Waals surface area (Å²) in [5.41, 5.74) is 8.97. The lowest BCUT2D eigenvalue weighted by atomic mass is 9.95. The van der Waals surface area contributed by atoms with Crippen LogP contribution in [0.15, 0.2) is 5.38 Å². The fourth-order valence-corrected chi connectivity index (χ4v) is 6.60. The van der Waals surface area contributed by atoms with Gasteiger partial charge in [-0.25, -0.2) is 4.79 Å². The molecule has 0 atom stereocenters. The Bertz CT molecular complexity index is 964. The van der Waals surface area contributed by atoms with Gasteiger partial charge in [0.15, 0.2) is 5.11 Å². The topological polar surface area (TPSA) is 79.5 Å². The average Bonchev–Trinajstić information content (AvgIpc) is 3.32. The summed E-state index contributed by atoms with van der Waals surface area (Å²) in [4.78, 5) is 27.4. The first-order valence-electron chi connectivity index (χ1n) is 9.78. The molecule has 0 bridgehead atoms. The molecule has 2 aromatic rings. The molecule has 0 saturated carbocycles. The first-order valence-corrected chi connectivity index (χ1v) is 11.9. The van der Waals surface area contributed by atoms with E-state index in [2.05, 4.69) is 16.2 Å². The second-order valence-electron chi connectivity index (χ2n) is 7.20. The zero-order chi connectivity index (χ0) is 20.4. The Morgan fingerprint density at radius 2 is 1.69 bits per heavy atom. The van der Waals surface area contributed by atoms with Crippen LogP contribution in [0.25, 0.3) is 0 Å². The number of fused-ring (bicyclic) bond motifs is 2. The number of anilines is 1. The van der Waals surface area contributed by atoms with Crippen molar-refractivity contribution in [1.29, 1.82) is 0 Å². The molecule has 154 valence electrons. The largest absolute Gasteiger partial charge is 0.465 e. The standard InChI is InChI=1S/C20H23N3O3S3/c1-26-19(25)16-12-7-3-5-9-15(12)29-18(16)21-20(27)23-22-17(24)13-10-28-14-8-4-2-6-11(13)14/h10H,2-9H2,1H3,(H,22,24)(H2,21,23,27). The molecule has 0 radical (unpaired) electrons. The zero-order valence-corrected chi connectivity index (χ0v) is 18.6. The van der Waals surface area contributed by atoms with E-state index in [4.69, 9.17) is 17.0 Å². The molecule has 4 rings (SSSR count). The number of rotatable bonds is 3. The third-order valence-corrected chi connectivity index (χ3v) is 7.88. The molecule has 0 fully saturated rings. The Hall–Kier alpha value is -1.97. The van der Waals surface area contributed by atoms with Crippen LogP contribution in [-0.2, 0) is 30.4 Å². The van der Waals surface area contributed by atoms with Gasteiger partial charge < -0.3 is 10.1 Å². The summed E-state index contributed by atoms with van der Waals surface area (Å²) in [6, 6.07) is 0. The number of thiocarbonyl (C=S) groups is 1. The number of hydrogen-bond donors (Lipinski definition) is 3. The summed E-state index contributed by atoms with van der Waals surface area (Å²) in [5.74, 6) is -0.546. The van der Waals surface area contributed by atoms with Gasteiger partial charge in [0.2, 0.25) is 0 Å². The van der Waals surface area contributed by atoms with Gasteiger partial charge in [0.25, 0.3) is 5.91 Å². The normalized spacial score (nSPS) is 15.1. The molecule has 0 spiro atoms. The highest BCUT2D eigenvalue weighted by atomic mass is 32.1. The highest BCUT2D eigenvalue weighted by Gasteiger charge is 2.26. The number of methoxy groups -OCH3 is 1. The first-order chi connectivity index (χ1) is 14.1. The minimum absolute atomic E-state index is 0.188. The van der Waals surface area contributed by atoms with Crippen LogP contribution in [0.1, 0.15) is 67.3 Å². The van der Waals surface area contributed by atoms with Gasteiger partial charge in [-0.1, -0.05) is 0 Å². The van der Waals surface area contributed by atoms with Crippen molar-refractivity contribution in [3.05, 3.63) is 37.4 Å². The second-order valence-corrected chi connectivity index (χ2v) is 9.68. The van der Waals surface area contributed by atoms with E-state index >= 15 is 0 Å². The number of amides is 1. The minimum Gasteiger partial charge on any atom is -0.465 e. The van der Waals surface area contributed by atoms with E-state index in [-0.39, 0.29) is 17.0 Å². The van der Waals surface area contributed by atoms with Crippen molar-refractivity contribution in [2.75, 3.05) is 12.4 Å². The number of thiophene rings is 2. The van der Waals surface area contributed by atoms with Crippen LogP contribution in [0.2, 0.25) is 0 Å². The summed E-state index contributed by atoms with van der Waals surface area (Å²) < 4.78 is 4.98. The molecule has 2 aromatic heterocycles. The summed E-state index contributed by atoms with van der Waals surface area (Å²) in [5, 5.41) is 5.91. The first kappa shape index (κ1) is 20.3. The van der Waals surface area contributed by atoms with Crippen LogP contribution < -0.4 is 16.2 Å². The van der Waals surface area contributed by atoms with Crippen LogP contribution in [0.4, 0.5) is 5.00 Å². The number of nitrogens with one attached hydrogen (secondary N) is 3. The highest BCUT2D eigenvalue weighted by Crippen LogP contribution is 2.38. The molecule has 3 N–H and O–H groups in total. The number of carbonyl (C=O) groups excluding carboxylic acids is 2. The van der Waals surface area contributed by atoms with E-state index in [1.807, 2.05) is 5.38 Å². The van der Waals surface area contributed by atoms with E-state index < -0.39 is 0 Å². The Balaban J connectivity index is 1.42. The van der Waals surface area contributed by atoms with Gasteiger partial charge in [-0.2, -0.15) is 0 Å². The highest BCUT2D eigenvalue weighted by molar-refractivity contribution is 7.80. The van der Waals surface area contributed by atoms with E-state index in [0.29, 0.717) is 10.6 Å². The van der Waals surface area contributed by atoms with Crippen LogP contribution in [-0.4, -0.2) is 24.1 Å². The number of aryl methyl sites for hydroxylation is 2. The molecular weight excluding hydrogens is 426 g/mol. The molecule has 2 aliphatic carbocycles. The summed E-state index contributed by atoms with van der Waals surface area (Å²) in [6.45, 7) is 0. The molecule has 0 saturated heterocycles. The molecule has 0 aliphatic heterocycles. The van der Waals surface area contributed by atoms with Gasteiger partial charge in [-0.05, 0) is 74.7 Å². The van der Waals surface area contributed by atoms with Crippen molar-refractivity contribution < 1.29 is 14.3 Å². The fourth-order valence-electron chi connectivity index (χ4n) is 3.97. The predicted molar refractivity (Wildman–Crippen MR) is 120 cm³/mol. The van der Waals surface area contributed by atoms with Gasteiger partial charge in [-0.3, -0.25) is 15.6 Å². The lowest BCUT2D eigenvalue weighted by Gasteiger charge is -2.14. The maximum atomic E-state index is 12.6. The van der Waals surface area contributed by atoms with Crippen molar-refractivity contribution >= 4 is 56.9 Å². The molecule has 2 heterocycles. The van der Waals surface area contributed by atoms with Crippen molar-refractivity contribution in [2.24, 2.45) is 0 Å². The molecular formula is C20H23N3O3S3. The number of ether oxygens (including phenoxy) is 1. The van der Waals surface area contributed by atoms with E-state index in [1.165, 1.54) is 40.2 Å². The van der Waals surface area contributed by atoms with Crippen LogP contribution in [0.5, 0.6) is 0 Å². The van der Waals surface area contributed by atoms with Gasteiger partial charge in [-0.15, -0.1) is 22.7 Å². The maximum absolute atomic E-state index is 12.6. The van der Waals surface area contributed by atoms with Gasteiger partial charge in [0, 0.05) is 15.1 Å². The number of esters is 1. The third-order valence-electron chi connectivity index (χ3n) is 5.38. The monoisotopic (exact) mass is 449 g/mol. The smallest absolute Gasteiger partial charge is 0.341 e. The fraction of sp³-hybridized carbons (Fsp3) is 0.450. The van der Waals surface area contributed by atoms with E-state index in [1.54, 1.807) is 11.3 Å². The summed E-state index contributed by atoms with van der Waals surface area (Å²) in [7, 11) is 1.39. The average molecular weight is 450 g/mol. The lowest BCUT2D eigenvalue weighted by molar-refractivity contribution is 0.0600. The molecule has 1 amide bonds. The summed E-state index contributed by atoms with van der Waals surface area (Å²) >= 11 is 8.54. The predicted octanol–water partition coefficient (Wildman–Crippen LogP) is 3.99. The number of hydrazine groups is 1. The molecule has 6 nitrogen and oxygen atoms in total. The molecule has 29 heavy (non-hydrogen) atoms.